The normalized spacial score (nSPS) is 10.7. The molecule has 0 saturated carbocycles. The molecule has 0 spiro atoms. The molecule has 3 rings (SSSR count). The number of phenols is 1. The third kappa shape index (κ3) is 3.89. The van der Waals surface area contributed by atoms with E-state index >= 15 is 0 Å². The van der Waals surface area contributed by atoms with Crippen LogP contribution in [0.3, 0.4) is 0 Å². The number of hydrogen-bond donors (Lipinski definition) is 2. The number of phenolic OH excluding ortho intramolecular Hbond substituents is 1. The number of aromatic hydroxyl groups is 1. The number of rotatable bonds is 4. The summed E-state index contributed by atoms with van der Waals surface area (Å²) >= 11 is 11.7. The number of halogens is 3. The highest BCUT2D eigenvalue weighted by atomic mass is 35.5. The smallest absolute Gasteiger partial charge is 0.292 e. The number of nitrogens with zero attached hydrogens (tertiary/aromatic N) is 2. The molecule has 0 fully saturated rings. The van der Waals surface area contributed by atoms with Crippen molar-refractivity contribution < 1.29 is 18.8 Å². The lowest BCUT2D eigenvalue weighted by Crippen LogP contribution is -2.24. The molecule has 1 aromatic heterocycles. The van der Waals surface area contributed by atoms with E-state index in [4.69, 9.17) is 27.7 Å². The van der Waals surface area contributed by atoms with Crippen LogP contribution in [0.15, 0.2) is 40.9 Å². The van der Waals surface area contributed by atoms with Crippen LogP contribution < -0.4 is 5.32 Å². The summed E-state index contributed by atoms with van der Waals surface area (Å²) in [7, 11) is 0. The molecule has 0 radical (unpaired) electrons. The Morgan fingerprint density at radius 1 is 1.24 bits per heavy atom. The minimum absolute atomic E-state index is 0.0119. The minimum atomic E-state index is -0.588. The summed E-state index contributed by atoms with van der Waals surface area (Å²) in [6, 6.07) is 8.59. The Labute approximate surface area is 151 Å². The zero-order valence-electron chi connectivity index (χ0n) is 12.5. The first-order chi connectivity index (χ1) is 11.9. The molecule has 0 saturated heterocycles. The molecule has 25 heavy (non-hydrogen) atoms. The van der Waals surface area contributed by atoms with E-state index in [2.05, 4.69) is 15.5 Å². The maximum atomic E-state index is 13.1. The summed E-state index contributed by atoms with van der Waals surface area (Å²) in [6.45, 7) is 0.108. The number of carbonyl (C=O) groups excluding carboxylic acids is 1. The summed E-state index contributed by atoms with van der Waals surface area (Å²) < 4.78 is 18.1. The Kier molecular flexibility index (Phi) is 4.87. The van der Waals surface area contributed by atoms with Crippen LogP contribution in [0.1, 0.15) is 16.2 Å². The minimum Gasteiger partial charge on any atom is -0.505 e. The lowest BCUT2D eigenvalue weighted by molar-refractivity contribution is 0.0937. The number of carbonyl (C=O) groups is 1. The van der Waals surface area contributed by atoms with Crippen LogP contribution in [0.25, 0.3) is 11.5 Å². The third-order valence-electron chi connectivity index (χ3n) is 3.24. The van der Waals surface area contributed by atoms with Gasteiger partial charge in [0.2, 0.25) is 0 Å². The van der Waals surface area contributed by atoms with Crippen molar-refractivity contribution in [1.29, 1.82) is 0 Å². The Balaban J connectivity index is 1.73. The second kappa shape index (κ2) is 7.08. The van der Waals surface area contributed by atoms with Gasteiger partial charge in [0.1, 0.15) is 5.82 Å². The second-order valence-corrected chi connectivity index (χ2v) is 5.84. The molecule has 0 bridgehead atoms. The average Bonchev–Trinajstić information content (AvgIpc) is 3.07. The first-order valence-corrected chi connectivity index (χ1v) is 7.74. The SMILES string of the molecule is O=C(NCc1cccc(F)c1)c1noc(-c2cc(Cl)c(O)c(Cl)c2)n1. The van der Waals surface area contributed by atoms with Crippen LogP contribution >= 0.6 is 23.2 Å². The van der Waals surface area contributed by atoms with Crippen molar-refractivity contribution in [1.82, 2.24) is 15.5 Å². The zero-order valence-corrected chi connectivity index (χ0v) is 14.0. The van der Waals surface area contributed by atoms with Gasteiger partial charge in [-0.3, -0.25) is 4.79 Å². The molecule has 1 heterocycles. The van der Waals surface area contributed by atoms with Gasteiger partial charge in [-0.15, -0.1) is 0 Å². The van der Waals surface area contributed by atoms with Crippen LogP contribution in [0.5, 0.6) is 5.75 Å². The van der Waals surface area contributed by atoms with Gasteiger partial charge < -0.3 is 14.9 Å². The van der Waals surface area contributed by atoms with Gasteiger partial charge >= 0.3 is 0 Å². The molecule has 128 valence electrons. The fourth-order valence-electron chi connectivity index (χ4n) is 2.03. The maximum Gasteiger partial charge on any atom is 0.292 e. The van der Waals surface area contributed by atoms with Crippen LogP contribution in [-0.2, 0) is 6.54 Å². The Hall–Kier alpha value is -2.64. The van der Waals surface area contributed by atoms with Crippen LogP contribution in [0, 0.1) is 5.82 Å². The third-order valence-corrected chi connectivity index (χ3v) is 3.81. The van der Waals surface area contributed by atoms with Crippen LogP contribution in [-0.4, -0.2) is 21.2 Å². The molecule has 0 unspecified atom stereocenters. The van der Waals surface area contributed by atoms with Crippen molar-refractivity contribution in [2.45, 2.75) is 6.54 Å². The molecule has 6 nitrogen and oxygen atoms in total. The number of nitrogens with one attached hydrogen (secondary N) is 1. The van der Waals surface area contributed by atoms with Crippen molar-refractivity contribution in [2.75, 3.05) is 0 Å². The van der Waals surface area contributed by atoms with E-state index in [9.17, 15) is 14.3 Å². The van der Waals surface area contributed by atoms with Crippen LogP contribution in [0.2, 0.25) is 10.0 Å². The van der Waals surface area contributed by atoms with Crippen LogP contribution in [0.4, 0.5) is 4.39 Å². The Bertz CT molecular complexity index is 923. The molecular formula is C16H10Cl2FN3O3. The lowest BCUT2D eigenvalue weighted by Gasteiger charge is -2.02. The quantitative estimate of drug-likeness (QED) is 0.716. The van der Waals surface area contributed by atoms with E-state index in [1.165, 1.54) is 24.3 Å². The van der Waals surface area contributed by atoms with Gasteiger partial charge in [0.15, 0.2) is 5.75 Å². The largest absolute Gasteiger partial charge is 0.505 e. The Morgan fingerprint density at radius 2 is 1.96 bits per heavy atom. The van der Waals surface area contributed by atoms with Gasteiger partial charge in [-0.25, -0.2) is 4.39 Å². The van der Waals surface area contributed by atoms with Crippen molar-refractivity contribution in [2.24, 2.45) is 0 Å². The van der Waals surface area contributed by atoms with Gasteiger partial charge in [-0.05, 0) is 29.8 Å². The second-order valence-electron chi connectivity index (χ2n) is 5.02. The first-order valence-electron chi connectivity index (χ1n) is 6.99. The van der Waals surface area contributed by atoms with Crippen molar-refractivity contribution in [3.05, 3.63) is 63.6 Å². The van der Waals surface area contributed by atoms with Gasteiger partial charge in [-0.1, -0.05) is 40.5 Å². The first kappa shape index (κ1) is 17.2. The molecule has 0 aliphatic carbocycles. The van der Waals surface area contributed by atoms with E-state index in [1.54, 1.807) is 12.1 Å². The predicted molar refractivity (Wildman–Crippen MR) is 89.0 cm³/mol. The monoisotopic (exact) mass is 381 g/mol. The topological polar surface area (TPSA) is 88.2 Å². The fraction of sp³-hybridized carbons (Fsp3) is 0.0625. The molecule has 3 aromatic rings. The van der Waals surface area contributed by atoms with E-state index in [-0.39, 0.29) is 34.1 Å². The molecule has 0 aliphatic heterocycles. The molecular weight excluding hydrogens is 372 g/mol. The summed E-state index contributed by atoms with van der Waals surface area (Å²) in [5.41, 5.74) is 0.943. The fourth-order valence-corrected chi connectivity index (χ4v) is 2.52. The highest BCUT2D eigenvalue weighted by Crippen LogP contribution is 2.35. The summed E-state index contributed by atoms with van der Waals surface area (Å²) in [5.74, 6) is -1.43. The van der Waals surface area contributed by atoms with Gasteiger partial charge in [-0.2, -0.15) is 4.98 Å². The maximum absolute atomic E-state index is 13.1. The highest BCUT2D eigenvalue weighted by Gasteiger charge is 2.17. The molecule has 2 aromatic carbocycles. The van der Waals surface area contributed by atoms with Crippen molar-refractivity contribution in [3.63, 3.8) is 0 Å². The van der Waals surface area contributed by atoms with E-state index in [0.717, 1.165) is 0 Å². The van der Waals surface area contributed by atoms with E-state index in [0.29, 0.717) is 11.1 Å². The van der Waals surface area contributed by atoms with E-state index < -0.39 is 11.7 Å². The van der Waals surface area contributed by atoms with Crippen molar-refractivity contribution >= 4 is 29.1 Å². The predicted octanol–water partition coefficient (Wildman–Crippen LogP) is 3.82. The number of aromatic nitrogens is 2. The molecule has 1 amide bonds. The Morgan fingerprint density at radius 3 is 2.64 bits per heavy atom. The van der Waals surface area contributed by atoms with Gasteiger partial charge in [0.25, 0.3) is 17.6 Å². The van der Waals surface area contributed by atoms with Gasteiger partial charge in [0.05, 0.1) is 10.0 Å². The summed E-state index contributed by atoms with van der Waals surface area (Å²) in [4.78, 5) is 16.0. The highest BCUT2D eigenvalue weighted by molar-refractivity contribution is 6.37. The molecule has 9 heteroatoms. The summed E-state index contributed by atoms with van der Waals surface area (Å²) in [6.07, 6.45) is 0. The average molecular weight is 382 g/mol. The summed E-state index contributed by atoms with van der Waals surface area (Å²) in [5, 5.41) is 15.7. The standard InChI is InChI=1S/C16H10Cl2FN3O3/c17-11-5-9(6-12(18)13(11)23)16-21-14(22-25-16)15(24)20-7-8-2-1-3-10(19)4-8/h1-6,23H,7H2,(H,20,24). The number of amides is 1. The molecule has 2 N–H and O–H groups in total. The van der Waals surface area contributed by atoms with Gasteiger partial charge in [0, 0.05) is 12.1 Å². The lowest BCUT2D eigenvalue weighted by atomic mass is 10.2. The number of hydrogen-bond acceptors (Lipinski definition) is 5. The molecule has 0 atom stereocenters. The van der Waals surface area contributed by atoms with Crippen molar-refractivity contribution in [3.8, 4) is 17.2 Å². The zero-order chi connectivity index (χ0) is 18.0. The van der Waals surface area contributed by atoms with E-state index in [1.807, 2.05) is 0 Å². The number of benzene rings is 2. The molecule has 0 aliphatic rings.